The lowest BCUT2D eigenvalue weighted by atomic mass is 9.67. The fraction of sp³-hybridized carbons (Fsp3) is 0.213. The predicted molar refractivity (Wildman–Crippen MR) is 393 cm³/mol. The van der Waals surface area contributed by atoms with Crippen molar-refractivity contribution in [3.05, 3.63) is 306 Å². The Bertz CT molecular complexity index is 5030. The second-order valence-corrected chi connectivity index (χ2v) is 30.1. The summed E-state index contributed by atoms with van der Waals surface area (Å²) in [5, 5.41) is 4.17. The maximum absolute atomic E-state index is 7.76. The first kappa shape index (κ1) is 59.4. The number of nitrogens with zero attached hydrogens (tertiary/aromatic N) is 2. The van der Waals surface area contributed by atoms with Gasteiger partial charge in [-0.05, 0) is 151 Å². The molecule has 4 nitrogen and oxygen atoms in total. The molecule has 1 unspecified atom stereocenters. The Morgan fingerprint density at radius 3 is 1.32 bits per heavy atom. The Morgan fingerprint density at radius 1 is 0.387 bits per heavy atom. The van der Waals surface area contributed by atoms with Gasteiger partial charge in [0.25, 0.3) is 0 Å². The minimum atomic E-state index is -0.950. The second-order valence-electron chi connectivity index (χ2n) is 30.1. The maximum Gasteiger partial charge on any atom is 0.160 e. The third-order valence-corrected chi connectivity index (χ3v) is 20.0. The van der Waals surface area contributed by atoms with E-state index in [4.69, 9.17) is 8.83 Å². The first-order valence-corrected chi connectivity index (χ1v) is 33.3. The molecule has 0 bridgehead atoms. The Morgan fingerprint density at radius 2 is 0.828 bits per heavy atom. The Balaban J connectivity index is 1.14. The van der Waals surface area contributed by atoms with E-state index in [0.29, 0.717) is 5.92 Å². The van der Waals surface area contributed by atoms with Crippen molar-refractivity contribution in [3.8, 4) is 33.4 Å². The van der Waals surface area contributed by atoms with Gasteiger partial charge in [0.05, 0.1) is 33.6 Å². The van der Waals surface area contributed by atoms with Crippen LogP contribution in [0.1, 0.15) is 128 Å². The third kappa shape index (κ3) is 9.95. The lowest BCUT2D eigenvalue weighted by Gasteiger charge is -2.37. The van der Waals surface area contributed by atoms with Crippen molar-refractivity contribution in [2.45, 2.75) is 111 Å². The van der Waals surface area contributed by atoms with E-state index in [1.165, 1.54) is 16.7 Å². The Hall–Kier alpha value is -9.90. The van der Waals surface area contributed by atoms with Gasteiger partial charge in [0.15, 0.2) is 5.58 Å². The monoisotopic (exact) mass is 1210 g/mol. The summed E-state index contributed by atoms with van der Waals surface area (Å²) < 4.78 is 15.4. The van der Waals surface area contributed by atoms with Gasteiger partial charge in [0.1, 0.15) is 16.7 Å². The van der Waals surface area contributed by atoms with Gasteiger partial charge in [-0.3, -0.25) is 0 Å². The van der Waals surface area contributed by atoms with Gasteiger partial charge in [0, 0.05) is 49.8 Å². The van der Waals surface area contributed by atoms with Crippen LogP contribution in [-0.4, -0.2) is 0 Å². The van der Waals surface area contributed by atoms with Gasteiger partial charge >= 0.3 is 0 Å². The average molecular weight is 1210 g/mol. The largest absolute Gasteiger partial charge is 0.455 e. The molecule has 0 amide bonds. The molecular weight excluding hydrogens is 1130 g/mol. The van der Waals surface area contributed by atoms with E-state index in [1.54, 1.807) is 0 Å². The molecule has 460 valence electrons. The van der Waals surface area contributed by atoms with Gasteiger partial charge < -0.3 is 18.6 Å². The molecule has 15 rings (SSSR count). The highest BCUT2D eigenvalue weighted by Crippen LogP contribution is 2.65. The highest BCUT2D eigenvalue weighted by molar-refractivity contribution is 6.26. The molecule has 4 heteroatoms. The van der Waals surface area contributed by atoms with Gasteiger partial charge in [-0.1, -0.05) is 277 Å². The van der Waals surface area contributed by atoms with E-state index in [1.807, 2.05) is 0 Å². The minimum Gasteiger partial charge on any atom is -0.455 e. The molecule has 0 radical (unpaired) electrons. The van der Waals surface area contributed by atoms with E-state index >= 15 is 0 Å². The zero-order valence-corrected chi connectivity index (χ0v) is 55.8. The zero-order chi connectivity index (χ0) is 64.3. The van der Waals surface area contributed by atoms with E-state index in [9.17, 15) is 0 Å². The molecule has 13 aromatic rings. The van der Waals surface area contributed by atoms with Crippen LogP contribution in [0.5, 0.6) is 0 Å². The number of fused-ring (bicyclic) bond motifs is 11. The van der Waals surface area contributed by atoms with Crippen LogP contribution in [0.25, 0.3) is 77.3 Å². The average Bonchev–Trinajstić information content (AvgIpc) is 1.51. The molecule has 0 N–H and O–H groups in total. The van der Waals surface area contributed by atoms with E-state index in [2.05, 4.69) is 354 Å². The van der Waals surface area contributed by atoms with Crippen molar-refractivity contribution in [1.82, 2.24) is 0 Å². The summed E-state index contributed by atoms with van der Waals surface area (Å²) in [4.78, 5) is 5.08. The summed E-state index contributed by atoms with van der Waals surface area (Å²) in [6.07, 6.45) is 8.20. The maximum atomic E-state index is 7.76. The summed E-state index contributed by atoms with van der Waals surface area (Å²) >= 11 is 0. The Labute approximate surface area is 549 Å². The fourth-order valence-electron chi connectivity index (χ4n) is 15.0. The topological polar surface area (TPSA) is 32.8 Å². The second kappa shape index (κ2) is 22.2. The lowest BCUT2D eigenvalue weighted by Crippen LogP contribution is -2.29. The summed E-state index contributed by atoms with van der Waals surface area (Å²) in [6, 6.07) is 90.6. The number of para-hydroxylation sites is 2. The summed E-state index contributed by atoms with van der Waals surface area (Å²) in [5.41, 5.74) is 23.5. The molecule has 1 atom stereocenters. The van der Waals surface area contributed by atoms with E-state index in [-0.39, 0.29) is 21.7 Å². The standard InChI is InChI=1S/C89H82N2O2/c1-85(2,3)59-41-47-65(48-42-59)90(73-51-45-63(87(7,8)9)53-69(73)57-29-17-13-18-30-57)75-55-72-82(84-79(75)67-37-25-27-39-77(67)93-84)81-71(89(72,61-33-21-15-22-34-61)62-35-23-16-24-36-62)56-76(83-80(81)68-38-26-28-40-78(68)92-83)91(66-49-43-60(44-50-66)86(4,5)6)74-52-46-64(88(10,11)12)54-70(74)58-31-19-14-20-32-58/h13-43,45-56,60H,44H2,1-12H3. The van der Waals surface area contributed by atoms with Crippen LogP contribution >= 0.6 is 0 Å². The molecule has 0 spiro atoms. The van der Waals surface area contributed by atoms with Crippen LogP contribution in [0.2, 0.25) is 0 Å². The number of benzene rings is 11. The SMILES string of the molecule is CC(C)(C)c1ccc(N(c2ccc(C(C)(C)C)cc2-c2ccccc2)c2cc3c(c4oc5ccccc5c24)-c2c(cc(N(C4=CCC(C(C)(C)C)C=C4)c4ccc(C(C)(C)C)cc4-c4ccccc4)c4oc5ccccc5c24)C3(c2ccccc2)c2ccccc2)cc1. The van der Waals surface area contributed by atoms with Crippen LogP contribution < -0.4 is 9.80 Å². The van der Waals surface area contributed by atoms with Gasteiger partial charge in [-0.15, -0.1) is 0 Å². The van der Waals surface area contributed by atoms with Crippen LogP contribution in [0.4, 0.5) is 28.4 Å². The first-order chi connectivity index (χ1) is 44.7. The zero-order valence-electron chi connectivity index (χ0n) is 55.8. The van der Waals surface area contributed by atoms with Gasteiger partial charge in [0.2, 0.25) is 0 Å². The quantitative estimate of drug-likeness (QED) is 0.137. The molecule has 0 fully saturated rings. The number of allylic oxidation sites excluding steroid dienone is 3. The molecule has 11 aromatic carbocycles. The van der Waals surface area contributed by atoms with Crippen LogP contribution in [0, 0.1) is 11.3 Å². The molecule has 2 aromatic heterocycles. The number of hydrogen-bond donors (Lipinski definition) is 0. The highest BCUT2D eigenvalue weighted by Gasteiger charge is 2.51. The van der Waals surface area contributed by atoms with Crippen molar-refractivity contribution in [2.24, 2.45) is 11.3 Å². The lowest BCUT2D eigenvalue weighted by molar-refractivity contribution is 0.293. The van der Waals surface area contributed by atoms with Gasteiger partial charge in [-0.25, -0.2) is 0 Å². The van der Waals surface area contributed by atoms with Crippen molar-refractivity contribution in [3.63, 3.8) is 0 Å². The molecule has 0 saturated heterocycles. The molecule has 93 heavy (non-hydrogen) atoms. The number of rotatable bonds is 10. The highest BCUT2D eigenvalue weighted by atomic mass is 16.3. The van der Waals surface area contributed by atoms with Crippen molar-refractivity contribution < 1.29 is 8.83 Å². The first-order valence-electron chi connectivity index (χ1n) is 33.3. The summed E-state index contributed by atoms with van der Waals surface area (Å²) in [7, 11) is 0. The summed E-state index contributed by atoms with van der Waals surface area (Å²) in [6.45, 7) is 27.8. The molecule has 0 aliphatic heterocycles. The molecule has 2 heterocycles. The Kier molecular flexibility index (Phi) is 14.2. The van der Waals surface area contributed by atoms with E-state index in [0.717, 1.165) is 140 Å². The molecule has 2 aliphatic carbocycles. The number of anilines is 5. The van der Waals surface area contributed by atoms with Crippen LogP contribution in [0.15, 0.2) is 275 Å². The number of furan rings is 2. The molecule has 0 saturated carbocycles. The van der Waals surface area contributed by atoms with Crippen LogP contribution in [0.3, 0.4) is 0 Å². The van der Waals surface area contributed by atoms with Crippen molar-refractivity contribution in [1.29, 1.82) is 0 Å². The normalized spacial score (nSPS) is 14.8. The predicted octanol–water partition coefficient (Wildman–Crippen LogP) is 25.2. The number of hydrogen-bond acceptors (Lipinski definition) is 4. The summed E-state index contributed by atoms with van der Waals surface area (Å²) in [5.74, 6) is 0.348. The fourth-order valence-corrected chi connectivity index (χ4v) is 15.0. The van der Waals surface area contributed by atoms with E-state index < -0.39 is 5.41 Å². The minimum absolute atomic E-state index is 0.0640. The third-order valence-electron chi connectivity index (χ3n) is 20.0. The smallest absolute Gasteiger partial charge is 0.160 e. The molecular formula is C89H82N2O2. The van der Waals surface area contributed by atoms with Crippen LogP contribution in [-0.2, 0) is 21.7 Å². The molecule has 2 aliphatic rings. The van der Waals surface area contributed by atoms with Gasteiger partial charge in [-0.2, -0.15) is 0 Å². The van der Waals surface area contributed by atoms with Crippen molar-refractivity contribution >= 4 is 72.3 Å². The van der Waals surface area contributed by atoms with Crippen molar-refractivity contribution in [2.75, 3.05) is 9.80 Å².